The van der Waals surface area contributed by atoms with Gasteiger partial charge < -0.3 is 10.0 Å². The van der Waals surface area contributed by atoms with Crippen molar-refractivity contribution in [1.29, 1.82) is 0 Å². The first-order valence-electron chi connectivity index (χ1n) is 7.90. The lowest BCUT2D eigenvalue weighted by Gasteiger charge is -2.28. The fourth-order valence-electron chi connectivity index (χ4n) is 2.97. The SMILES string of the molecule is O=C(O)c1ccc(N(C(=O)c2ccc(Cl)cc2)C2CCS(=O)(=O)C2)cc1. The van der Waals surface area contributed by atoms with Gasteiger partial charge in [-0.15, -0.1) is 0 Å². The molecule has 1 heterocycles. The van der Waals surface area contributed by atoms with Crippen LogP contribution in [0.4, 0.5) is 5.69 Å². The fraction of sp³-hybridized carbons (Fsp3) is 0.222. The molecule has 0 bridgehead atoms. The van der Waals surface area contributed by atoms with Gasteiger partial charge in [0.1, 0.15) is 0 Å². The van der Waals surface area contributed by atoms with Crippen LogP contribution < -0.4 is 4.90 Å². The normalized spacial score (nSPS) is 18.4. The van der Waals surface area contributed by atoms with Crippen LogP contribution in [0, 0.1) is 0 Å². The van der Waals surface area contributed by atoms with E-state index < -0.39 is 21.8 Å². The molecule has 136 valence electrons. The second-order valence-electron chi connectivity index (χ2n) is 6.09. The predicted octanol–water partition coefficient (Wildman–Crippen LogP) is 2.87. The Kier molecular flexibility index (Phi) is 5.02. The van der Waals surface area contributed by atoms with Crippen LogP contribution in [0.15, 0.2) is 48.5 Å². The molecule has 1 aliphatic rings. The topological polar surface area (TPSA) is 91.8 Å². The maximum atomic E-state index is 13.0. The summed E-state index contributed by atoms with van der Waals surface area (Å²) in [5.41, 5.74) is 0.921. The first-order valence-corrected chi connectivity index (χ1v) is 10.1. The van der Waals surface area contributed by atoms with Gasteiger partial charge >= 0.3 is 5.97 Å². The molecule has 6 nitrogen and oxygen atoms in total. The molecule has 1 N–H and O–H groups in total. The zero-order chi connectivity index (χ0) is 18.9. The Morgan fingerprint density at radius 3 is 2.08 bits per heavy atom. The van der Waals surface area contributed by atoms with E-state index in [9.17, 15) is 18.0 Å². The Hall–Kier alpha value is -2.38. The second-order valence-corrected chi connectivity index (χ2v) is 8.76. The van der Waals surface area contributed by atoms with Crippen LogP contribution in [-0.2, 0) is 9.84 Å². The average molecular weight is 394 g/mol. The molecule has 0 radical (unpaired) electrons. The highest BCUT2D eigenvalue weighted by atomic mass is 35.5. The second kappa shape index (κ2) is 7.09. The highest BCUT2D eigenvalue weighted by Crippen LogP contribution is 2.27. The summed E-state index contributed by atoms with van der Waals surface area (Å²) in [6, 6.07) is 11.6. The monoisotopic (exact) mass is 393 g/mol. The number of nitrogens with zero attached hydrogens (tertiary/aromatic N) is 1. The highest BCUT2D eigenvalue weighted by molar-refractivity contribution is 7.91. The van der Waals surface area contributed by atoms with E-state index in [-0.39, 0.29) is 23.0 Å². The lowest BCUT2D eigenvalue weighted by atomic mass is 10.1. The number of hydrogen-bond donors (Lipinski definition) is 1. The number of sulfone groups is 1. The van der Waals surface area contributed by atoms with Gasteiger partial charge in [-0.3, -0.25) is 4.79 Å². The first-order chi connectivity index (χ1) is 12.3. The van der Waals surface area contributed by atoms with E-state index in [1.807, 2.05) is 0 Å². The van der Waals surface area contributed by atoms with Crippen LogP contribution >= 0.6 is 11.6 Å². The Balaban J connectivity index is 2.00. The van der Waals surface area contributed by atoms with E-state index in [1.165, 1.54) is 29.2 Å². The minimum Gasteiger partial charge on any atom is -0.478 e. The van der Waals surface area contributed by atoms with Crippen LogP contribution in [-0.4, -0.2) is 42.9 Å². The summed E-state index contributed by atoms with van der Waals surface area (Å²) in [6.45, 7) is 0. The van der Waals surface area contributed by atoms with Gasteiger partial charge in [0.15, 0.2) is 9.84 Å². The molecule has 0 saturated carbocycles. The largest absolute Gasteiger partial charge is 0.478 e. The van der Waals surface area contributed by atoms with Crippen molar-refractivity contribution in [2.24, 2.45) is 0 Å². The molecule has 2 aromatic rings. The molecule has 1 unspecified atom stereocenters. The van der Waals surface area contributed by atoms with Crippen molar-refractivity contribution >= 4 is 39.0 Å². The van der Waals surface area contributed by atoms with E-state index in [2.05, 4.69) is 0 Å². The number of carbonyl (C=O) groups is 2. The molecular formula is C18H16ClNO5S. The molecule has 2 aromatic carbocycles. The van der Waals surface area contributed by atoms with Crippen molar-refractivity contribution in [3.63, 3.8) is 0 Å². The van der Waals surface area contributed by atoms with Gasteiger partial charge in [0.2, 0.25) is 0 Å². The zero-order valence-electron chi connectivity index (χ0n) is 13.6. The number of rotatable bonds is 4. The van der Waals surface area contributed by atoms with Crippen LogP contribution in [0.2, 0.25) is 5.02 Å². The standard InChI is InChI=1S/C18H16ClNO5S/c19-14-5-1-12(2-6-14)17(21)20(16-9-10-26(24,25)11-16)15-7-3-13(4-8-15)18(22)23/h1-8,16H,9-11H2,(H,22,23). The summed E-state index contributed by atoms with van der Waals surface area (Å²) in [5.74, 6) is -1.52. The van der Waals surface area contributed by atoms with Crippen LogP contribution in [0.25, 0.3) is 0 Å². The quantitative estimate of drug-likeness (QED) is 0.862. The van der Waals surface area contributed by atoms with E-state index in [1.54, 1.807) is 24.3 Å². The van der Waals surface area contributed by atoms with Crippen molar-refractivity contribution in [1.82, 2.24) is 0 Å². The van der Waals surface area contributed by atoms with Gasteiger partial charge in [0, 0.05) is 16.3 Å². The summed E-state index contributed by atoms with van der Waals surface area (Å²) in [4.78, 5) is 25.5. The van der Waals surface area contributed by atoms with Crippen LogP contribution in [0.1, 0.15) is 27.1 Å². The highest BCUT2D eigenvalue weighted by Gasteiger charge is 2.36. The lowest BCUT2D eigenvalue weighted by molar-refractivity contribution is 0.0696. The summed E-state index contributed by atoms with van der Waals surface area (Å²) in [5, 5.41) is 9.52. The molecule has 0 aromatic heterocycles. The predicted molar refractivity (Wildman–Crippen MR) is 98.7 cm³/mol. The molecule has 3 rings (SSSR count). The molecule has 1 fully saturated rings. The van der Waals surface area contributed by atoms with Crippen molar-refractivity contribution in [3.8, 4) is 0 Å². The van der Waals surface area contributed by atoms with Gasteiger partial charge in [-0.05, 0) is 55.0 Å². The van der Waals surface area contributed by atoms with E-state index in [4.69, 9.17) is 16.7 Å². The minimum atomic E-state index is -3.20. The van der Waals surface area contributed by atoms with Gasteiger partial charge in [0.05, 0.1) is 23.1 Å². The zero-order valence-corrected chi connectivity index (χ0v) is 15.2. The average Bonchev–Trinajstić information content (AvgIpc) is 2.95. The van der Waals surface area contributed by atoms with Gasteiger partial charge in [0.25, 0.3) is 5.91 Å². The summed E-state index contributed by atoms with van der Waals surface area (Å²) < 4.78 is 23.8. The first kappa shape index (κ1) is 18.4. The molecule has 0 spiro atoms. The number of carbonyl (C=O) groups excluding carboxylic acids is 1. The van der Waals surface area contributed by atoms with E-state index >= 15 is 0 Å². The van der Waals surface area contributed by atoms with Crippen LogP contribution in [0.5, 0.6) is 0 Å². The molecule has 1 saturated heterocycles. The van der Waals surface area contributed by atoms with Gasteiger partial charge in [-0.1, -0.05) is 11.6 Å². The van der Waals surface area contributed by atoms with Gasteiger partial charge in [-0.25, -0.2) is 13.2 Å². The van der Waals surface area contributed by atoms with E-state index in [0.29, 0.717) is 22.7 Å². The molecule has 1 amide bonds. The summed E-state index contributed by atoms with van der Waals surface area (Å²) >= 11 is 5.86. The summed E-state index contributed by atoms with van der Waals surface area (Å²) in [7, 11) is -3.20. The van der Waals surface area contributed by atoms with E-state index in [0.717, 1.165) is 0 Å². The fourth-order valence-corrected chi connectivity index (χ4v) is 4.79. The smallest absolute Gasteiger partial charge is 0.335 e. The molecular weight excluding hydrogens is 378 g/mol. The minimum absolute atomic E-state index is 0.0231. The van der Waals surface area contributed by atoms with Crippen molar-refractivity contribution in [2.45, 2.75) is 12.5 Å². The van der Waals surface area contributed by atoms with Crippen molar-refractivity contribution < 1.29 is 23.1 Å². The molecule has 1 atom stereocenters. The maximum absolute atomic E-state index is 13.0. The number of benzene rings is 2. The van der Waals surface area contributed by atoms with Gasteiger partial charge in [-0.2, -0.15) is 0 Å². The van der Waals surface area contributed by atoms with Crippen LogP contribution in [0.3, 0.4) is 0 Å². The number of hydrogen-bond acceptors (Lipinski definition) is 4. The number of carboxylic acid groups (broad SMARTS) is 1. The Morgan fingerprint density at radius 2 is 1.58 bits per heavy atom. The van der Waals surface area contributed by atoms with Crippen molar-refractivity contribution in [3.05, 3.63) is 64.7 Å². The molecule has 8 heteroatoms. The van der Waals surface area contributed by atoms with Crippen molar-refractivity contribution in [2.75, 3.05) is 16.4 Å². The number of anilines is 1. The molecule has 0 aliphatic carbocycles. The molecule has 1 aliphatic heterocycles. The Labute approximate surface area is 155 Å². The lowest BCUT2D eigenvalue weighted by Crippen LogP contribution is -2.41. The Bertz CT molecular complexity index is 939. The Morgan fingerprint density at radius 1 is 1.00 bits per heavy atom. The number of carboxylic acids is 1. The summed E-state index contributed by atoms with van der Waals surface area (Å²) in [6.07, 6.45) is 0.336. The third-order valence-electron chi connectivity index (χ3n) is 4.28. The third-order valence-corrected chi connectivity index (χ3v) is 6.28. The third kappa shape index (κ3) is 3.89. The maximum Gasteiger partial charge on any atom is 0.335 e. The molecule has 26 heavy (non-hydrogen) atoms. The number of amides is 1. The number of halogens is 1. The number of aromatic carboxylic acids is 1.